The van der Waals surface area contributed by atoms with E-state index in [4.69, 9.17) is 4.98 Å². The van der Waals surface area contributed by atoms with Crippen molar-refractivity contribution in [1.82, 2.24) is 19.1 Å². The highest BCUT2D eigenvalue weighted by Gasteiger charge is 2.29. The van der Waals surface area contributed by atoms with Crippen LogP contribution in [0.15, 0.2) is 62.9 Å². The minimum Gasteiger partial charge on any atom is -0.494 e. The third kappa shape index (κ3) is 1.92. The maximum Gasteiger partial charge on any atom is 0.263 e. The molecule has 0 saturated heterocycles. The van der Waals surface area contributed by atoms with Gasteiger partial charge in [0.2, 0.25) is 5.88 Å². The van der Waals surface area contributed by atoms with Crippen LogP contribution in [0.3, 0.4) is 0 Å². The first-order valence-electron chi connectivity index (χ1n) is 11.5. The minimum atomic E-state index is -0.463. The second-order valence-electron chi connectivity index (χ2n) is 9.38. The van der Waals surface area contributed by atoms with Gasteiger partial charge in [0.25, 0.3) is 16.7 Å². The molecule has 4 aromatic carbocycles. The summed E-state index contributed by atoms with van der Waals surface area (Å²) in [6.45, 7) is 0. The summed E-state index contributed by atoms with van der Waals surface area (Å²) >= 11 is 0. The molecule has 0 bridgehead atoms. The summed E-state index contributed by atoms with van der Waals surface area (Å²) in [6, 6.07) is 15.0. The standard InChI is InChI=1S/C28H16N4O4/c1-31-25(33)19-15-11-7-3-5-9-13(11)30-24(15)22-18-17(19)21(27(31)35)23-16(12-8-4-6-10-14(12)29-23)20(18)26(34)32(2)28(22)36/h3-10,29,36H,1-2H3. The molecule has 8 nitrogen and oxygen atoms in total. The van der Waals surface area contributed by atoms with Crippen LogP contribution in [0.4, 0.5) is 0 Å². The summed E-state index contributed by atoms with van der Waals surface area (Å²) in [4.78, 5) is 49.4. The van der Waals surface area contributed by atoms with E-state index in [2.05, 4.69) is 4.98 Å². The maximum atomic E-state index is 13.8. The fourth-order valence-electron chi connectivity index (χ4n) is 6.07. The molecule has 0 aliphatic rings. The topological polar surface area (TPSA) is 110 Å². The van der Waals surface area contributed by atoms with Gasteiger partial charge in [-0.1, -0.05) is 36.4 Å². The number of benzene rings is 4. The quantitative estimate of drug-likeness (QED) is 0.326. The van der Waals surface area contributed by atoms with Gasteiger partial charge < -0.3 is 10.1 Å². The van der Waals surface area contributed by atoms with Crippen LogP contribution in [0.25, 0.3) is 75.9 Å². The van der Waals surface area contributed by atoms with Gasteiger partial charge >= 0.3 is 0 Å². The summed E-state index contributed by atoms with van der Waals surface area (Å²) in [6.07, 6.45) is 0. The summed E-state index contributed by atoms with van der Waals surface area (Å²) in [5.74, 6) is -0.254. The number of hydrogen-bond donors (Lipinski definition) is 2. The molecule has 36 heavy (non-hydrogen) atoms. The molecule has 8 aromatic rings. The van der Waals surface area contributed by atoms with Crippen molar-refractivity contribution in [2.45, 2.75) is 0 Å². The number of rotatable bonds is 0. The lowest BCUT2D eigenvalue weighted by atomic mass is 9.90. The molecule has 4 heterocycles. The third-order valence-corrected chi connectivity index (χ3v) is 7.68. The Hall–Kier alpha value is -4.98. The lowest BCUT2D eigenvalue weighted by molar-refractivity contribution is 0.432. The highest BCUT2D eigenvalue weighted by Crippen LogP contribution is 2.46. The van der Waals surface area contributed by atoms with Crippen LogP contribution in [-0.4, -0.2) is 24.2 Å². The predicted octanol–water partition coefficient (Wildman–Crippen LogP) is 3.82. The number of aromatic nitrogens is 4. The number of nitrogens with zero attached hydrogens (tertiary/aromatic N) is 3. The Morgan fingerprint density at radius 2 is 1.28 bits per heavy atom. The number of pyridine rings is 2. The summed E-state index contributed by atoms with van der Waals surface area (Å²) in [5.41, 5.74) is 1.02. The Morgan fingerprint density at radius 3 is 2.08 bits per heavy atom. The SMILES string of the molecule is Cn1c(O)c2c3nc4ccccc4c3c3c(=O)n(C)c(=O)c4c5[nH]c6ccccc6c5c(c1=O)c2c43. The van der Waals surface area contributed by atoms with E-state index >= 15 is 0 Å². The summed E-state index contributed by atoms with van der Waals surface area (Å²) < 4.78 is 2.32. The summed E-state index contributed by atoms with van der Waals surface area (Å²) in [5, 5.41) is 16.1. The molecule has 0 unspecified atom stereocenters. The van der Waals surface area contributed by atoms with Gasteiger partial charge in [-0.25, -0.2) is 4.98 Å². The second kappa shape index (κ2) is 5.98. The Bertz CT molecular complexity index is 2470. The normalized spacial score (nSPS) is 12.6. The molecule has 8 rings (SSSR count). The Labute approximate surface area is 199 Å². The number of aromatic hydroxyl groups is 1. The van der Waals surface area contributed by atoms with Crippen molar-refractivity contribution in [3.8, 4) is 5.88 Å². The molecule has 172 valence electrons. The fourth-order valence-corrected chi connectivity index (χ4v) is 6.07. The van der Waals surface area contributed by atoms with Gasteiger partial charge in [0.05, 0.1) is 38.1 Å². The maximum absolute atomic E-state index is 13.8. The largest absolute Gasteiger partial charge is 0.494 e. The zero-order chi connectivity index (χ0) is 24.6. The Balaban J connectivity index is 1.96. The van der Waals surface area contributed by atoms with E-state index in [0.717, 1.165) is 20.9 Å². The van der Waals surface area contributed by atoms with Crippen molar-refractivity contribution in [2.24, 2.45) is 14.1 Å². The van der Waals surface area contributed by atoms with Crippen LogP contribution < -0.4 is 16.7 Å². The molecule has 0 atom stereocenters. The van der Waals surface area contributed by atoms with Gasteiger partial charge in [-0.3, -0.25) is 23.5 Å². The Kier molecular flexibility index (Phi) is 3.21. The fraction of sp³-hybridized carbons (Fsp3) is 0.0714. The van der Waals surface area contributed by atoms with Crippen molar-refractivity contribution in [3.05, 3.63) is 79.6 Å². The first-order chi connectivity index (χ1) is 17.4. The van der Waals surface area contributed by atoms with Crippen molar-refractivity contribution in [2.75, 3.05) is 0 Å². The average Bonchev–Trinajstić information content (AvgIpc) is 3.46. The van der Waals surface area contributed by atoms with Crippen molar-refractivity contribution < 1.29 is 5.11 Å². The molecule has 0 aliphatic heterocycles. The third-order valence-electron chi connectivity index (χ3n) is 7.68. The number of aromatic amines is 1. The smallest absolute Gasteiger partial charge is 0.263 e. The molecule has 0 fully saturated rings. The molecule has 0 saturated carbocycles. The molecule has 4 aromatic heterocycles. The first-order valence-corrected chi connectivity index (χ1v) is 11.5. The van der Waals surface area contributed by atoms with Crippen LogP contribution in [0.5, 0.6) is 5.88 Å². The summed E-state index contributed by atoms with van der Waals surface area (Å²) in [7, 11) is 2.98. The molecule has 0 amide bonds. The number of hydrogen-bond acceptors (Lipinski definition) is 5. The van der Waals surface area contributed by atoms with Gasteiger partial charge in [-0.15, -0.1) is 0 Å². The molecular formula is C28H16N4O4. The molecule has 0 radical (unpaired) electrons. The highest BCUT2D eigenvalue weighted by molar-refractivity contribution is 6.44. The average molecular weight is 472 g/mol. The van der Waals surface area contributed by atoms with Gasteiger partial charge in [0.1, 0.15) is 0 Å². The molecule has 0 spiro atoms. The van der Waals surface area contributed by atoms with Crippen LogP contribution in [-0.2, 0) is 14.1 Å². The lowest BCUT2D eigenvalue weighted by Gasteiger charge is -2.16. The van der Waals surface area contributed by atoms with Crippen molar-refractivity contribution in [3.63, 3.8) is 0 Å². The zero-order valence-electron chi connectivity index (χ0n) is 19.1. The van der Waals surface area contributed by atoms with E-state index in [9.17, 15) is 19.5 Å². The van der Waals surface area contributed by atoms with Crippen LogP contribution >= 0.6 is 0 Å². The number of fused-ring (bicyclic) bond motifs is 10. The second-order valence-corrected chi connectivity index (χ2v) is 9.38. The van der Waals surface area contributed by atoms with Crippen LogP contribution in [0.2, 0.25) is 0 Å². The Morgan fingerprint density at radius 1 is 0.667 bits per heavy atom. The van der Waals surface area contributed by atoms with Crippen LogP contribution in [0, 0.1) is 0 Å². The molecule has 8 heteroatoms. The predicted molar refractivity (Wildman–Crippen MR) is 142 cm³/mol. The van der Waals surface area contributed by atoms with E-state index in [1.54, 1.807) is 0 Å². The van der Waals surface area contributed by atoms with Gasteiger partial charge in [-0.05, 0) is 12.1 Å². The van der Waals surface area contributed by atoms with E-state index in [0.29, 0.717) is 59.6 Å². The van der Waals surface area contributed by atoms with Crippen molar-refractivity contribution >= 4 is 75.9 Å². The van der Waals surface area contributed by atoms with Crippen LogP contribution in [0.1, 0.15) is 0 Å². The number of H-pyrrole nitrogens is 1. The monoisotopic (exact) mass is 472 g/mol. The number of para-hydroxylation sites is 2. The zero-order valence-corrected chi connectivity index (χ0v) is 19.1. The lowest BCUT2D eigenvalue weighted by Crippen LogP contribution is -2.31. The highest BCUT2D eigenvalue weighted by atomic mass is 16.3. The molecule has 2 N–H and O–H groups in total. The van der Waals surface area contributed by atoms with Gasteiger partial charge in [-0.2, -0.15) is 0 Å². The van der Waals surface area contributed by atoms with Gasteiger partial charge in [0, 0.05) is 51.9 Å². The minimum absolute atomic E-state index is 0.254. The van der Waals surface area contributed by atoms with E-state index in [-0.39, 0.29) is 5.88 Å². The van der Waals surface area contributed by atoms with E-state index in [1.807, 2.05) is 48.5 Å². The van der Waals surface area contributed by atoms with Crippen molar-refractivity contribution in [1.29, 1.82) is 0 Å². The van der Waals surface area contributed by atoms with E-state index < -0.39 is 16.7 Å². The van der Waals surface area contributed by atoms with E-state index in [1.165, 1.54) is 18.7 Å². The number of nitrogens with one attached hydrogen (secondary N) is 1. The molecule has 0 aliphatic carbocycles. The molecular weight excluding hydrogens is 456 g/mol. The van der Waals surface area contributed by atoms with Gasteiger partial charge in [0.15, 0.2) is 0 Å². The first kappa shape index (κ1) is 19.3.